The van der Waals surface area contributed by atoms with E-state index in [-0.39, 0.29) is 5.92 Å². The molecule has 1 aliphatic heterocycles. The third-order valence-corrected chi connectivity index (χ3v) is 5.78. The maximum absolute atomic E-state index is 13.0. The molecule has 3 nitrogen and oxygen atoms in total. The number of fused-ring (bicyclic) bond motifs is 1. The summed E-state index contributed by atoms with van der Waals surface area (Å²) in [7, 11) is 1.66. The van der Waals surface area contributed by atoms with Crippen molar-refractivity contribution in [1.29, 1.82) is 0 Å². The van der Waals surface area contributed by atoms with Crippen LogP contribution in [-0.4, -0.2) is 26.0 Å². The zero-order valence-corrected chi connectivity index (χ0v) is 13.4. The first-order valence-electron chi connectivity index (χ1n) is 7.86. The monoisotopic (exact) mass is 287 g/mol. The first-order valence-corrected chi connectivity index (χ1v) is 7.86. The van der Waals surface area contributed by atoms with Gasteiger partial charge in [0, 0.05) is 18.0 Å². The molecule has 1 N–H and O–H groups in total. The van der Waals surface area contributed by atoms with Crippen molar-refractivity contribution < 1.29 is 9.53 Å². The van der Waals surface area contributed by atoms with Crippen molar-refractivity contribution >= 4 is 5.78 Å². The Morgan fingerprint density at radius 1 is 1.43 bits per heavy atom. The van der Waals surface area contributed by atoms with Crippen LogP contribution in [0, 0.1) is 30.1 Å². The molecule has 0 aromatic heterocycles. The summed E-state index contributed by atoms with van der Waals surface area (Å²) in [5.41, 5.74) is 2.18. The number of benzene rings is 1. The van der Waals surface area contributed by atoms with E-state index < -0.39 is 0 Å². The minimum absolute atomic E-state index is 0.161. The lowest BCUT2D eigenvalue weighted by molar-refractivity contribution is 0.0884. The molecule has 1 saturated heterocycles. The Kier molecular flexibility index (Phi) is 3.56. The van der Waals surface area contributed by atoms with Gasteiger partial charge in [0.2, 0.25) is 0 Å². The van der Waals surface area contributed by atoms with Crippen LogP contribution in [0.2, 0.25) is 0 Å². The molecule has 0 radical (unpaired) electrons. The first-order chi connectivity index (χ1) is 9.96. The molecule has 1 aromatic carbocycles. The third kappa shape index (κ3) is 2.28. The normalized spacial score (nSPS) is 34.8. The lowest BCUT2D eigenvalue weighted by Gasteiger charge is -2.23. The predicted octanol–water partition coefficient (Wildman–Crippen LogP) is 3.07. The van der Waals surface area contributed by atoms with Crippen molar-refractivity contribution in [2.24, 2.45) is 23.2 Å². The molecule has 0 bridgehead atoms. The van der Waals surface area contributed by atoms with Crippen LogP contribution in [0.25, 0.3) is 0 Å². The molecule has 21 heavy (non-hydrogen) atoms. The fraction of sp³-hybridized carbons (Fsp3) is 0.611. The van der Waals surface area contributed by atoms with Crippen LogP contribution in [0.4, 0.5) is 0 Å². The quantitative estimate of drug-likeness (QED) is 0.868. The summed E-state index contributed by atoms with van der Waals surface area (Å²) in [4.78, 5) is 13.0. The third-order valence-electron chi connectivity index (χ3n) is 5.78. The van der Waals surface area contributed by atoms with Gasteiger partial charge in [-0.05, 0) is 60.9 Å². The average Bonchev–Trinajstić information content (AvgIpc) is 2.95. The highest BCUT2D eigenvalue weighted by molar-refractivity contribution is 5.99. The summed E-state index contributed by atoms with van der Waals surface area (Å²) in [6.45, 7) is 8.70. The number of ketones is 1. The van der Waals surface area contributed by atoms with Crippen molar-refractivity contribution in [1.82, 2.24) is 5.32 Å². The van der Waals surface area contributed by atoms with Crippen molar-refractivity contribution in [2.75, 3.05) is 20.2 Å². The standard InChI is InChI=1S/C18H25NO2/c1-11-7-13(21-4)5-6-14(11)17(20)15-8-18(3)10-19-9-16(18)12(15)2/h5-7,12,15-16,19H,8-10H2,1-4H3. The Hall–Kier alpha value is -1.35. The highest BCUT2D eigenvalue weighted by Crippen LogP contribution is 2.52. The van der Waals surface area contributed by atoms with Gasteiger partial charge in [-0.3, -0.25) is 4.79 Å². The molecule has 0 spiro atoms. The van der Waals surface area contributed by atoms with E-state index in [0.717, 1.165) is 36.4 Å². The molecule has 1 aromatic rings. The van der Waals surface area contributed by atoms with Gasteiger partial charge in [-0.15, -0.1) is 0 Å². The Bertz CT molecular complexity index is 568. The number of Topliss-reactive ketones (excluding diaryl/α,β-unsaturated/α-hetero) is 1. The Morgan fingerprint density at radius 3 is 2.81 bits per heavy atom. The zero-order valence-electron chi connectivity index (χ0n) is 13.4. The average molecular weight is 287 g/mol. The molecule has 4 atom stereocenters. The summed E-state index contributed by atoms with van der Waals surface area (Å²) in [5, 5.41) is 3.49. The van der Waals surface area contributed by atoms with Gasteiger partial charge in [0.1, 0.15) is 5.75 Å². The number of methoxy groups -OCH3 is 1. The highest BCUT2D eigenvalue weighted by Gasteiger charge is 2.53. The number of hydrogen-bond acceptors (Lipinski definition) is 3. The van der Waals surface area contributed by atoms with Gasteiger partial charge in [-0.2, -0.15) is 0 Å². The van der Waals surface area contributed by atoms with Crippen LogP contribution in [-0.2, 0) is 0 Å². The number of carbonyl (C=O) groups excluding carboxylic acids is 1. The van der Waals surface area contributed by atoms with Crippen LogP contribution < -0.4 is 10.1 Å². The maximum atomic E-state index is 13.0. The van der Waals surface area contributed by atoms with Gasteiger partial charge < -0.3 is 10.1 Å². The summed E-state index contributed by atoms with van der Waals surface area (Å²) in [6, 6.07) is 5.78. The molecule has 3 heteroatoms. The van der Waals surface area contributed by atoms with Crippen molar-refractivity contribution in [2.45, 2.75) is 27.2 Å². The van der Waals surface area contributed by atoms with E-state index in [0.29, 0.717) is 23.0 Å². The second-order valence-electron chi connectivity index (χ2n) is 7.11. The molecule has 2 aliphatic rings. The second kappa shape index (κ2) is 5.13. The Morgan fingerprint density at radius 2 is 2.19 bits per heavy atom. The maximum Gasteiger partial charge on any atom is 0.166 e. The molecular formula is C18H25NO2. The molecule has 1 heterocycles. The Labute approximate surface area is 127 Å². The van der Waals surface area contributed by atoms with Gasteiger partial charge in [-0.25, -0.2) is 0 Å². The molecular weight excluding hydrogens is 262 g/mol. The van der Waals surface area contributed by atoms with Crippen molar-refractivity contribution in [3.63, 3.8) is 0 Å². The fourth-order valence-corrected chi connectivity index (χ4v) is 4.47. The van der Waals surface area contributed by atoms with E-state index in [1.807, 2.05) is 25.1 Å². The van der Waals surface area contributed by atoms with E-state index in [2.05, 4.69) is 19.2 Å². The lowest BCUT2D eigenvalue weighted by Crippen LogP contribution is -2.24. The van der Waals surface area contributed by atoms with Crippen LogP contribution in [0.1, 0.15) is 36.2 Å². The van der Waals surface area contributed by atoms with Crippen molar-refractivity contribution in [3.05, 3.63) is 29.3 Å². The minimum Gasteiger partial charge on any atom is -0.497 e. The summed E-state index contributed by atoms with van der Waals surface area (Å²) >= 11 is 0. The number of rotatable bonds is 3. The largest absolute Gasteiger partial charge is 0.497 e. The highest BCUT2D eigenvalue weighted by atomic mass is 16.5. The SMILES string of the molecule is COc1ccc(C(=O)C2CC3(C)CNCC3C2C)c(C)c1. The molecule has 0 amide bonds. The van der Waals surface area contributed by atoms with E-state index in [1.54, 1.807) is 7.11 Å². The van der Waals surface area contributed by atoms with Crippen LogP contribution >= 0.6 is 0 Å². The predicted molar refractivity (Wildman–Crippen MR) is 83.8 cm³/mol. The van der Waals surface area contributed by atoms with Crippen LogP contribution in [0.5, 0.6) is 5.75 Å². The van der Waals surface area contributed by atoms with Crippen LogP contribution in [0.15, 0.2) is 18.2 Å². The molecule has 3 rings (SSSR count). The molecule has 4 unspecified atom stereocenters. The summed E-state index contributed by atoms with van der Waals surface area (Å²) in [5.74, 6) is 2.38. The number of nitrogens with one attached hydrogen (secondary N) is 1. The first kappa shape index (κ1) is 14.6. The summed E-state index contributed by atoms with van der Waals surface area (Å²) < 4.78 is 5.23. The van der Waals surface area contributed by atoms with E-state index in [9.17, 15) is 4.79 Å². The smallest absolute Gasteiger partial charge is 0.166 e. The lowest BCUT2D eigenvalue weighted by atomic mass is 9.80. The molecule has 1 aliphatic carbocycles. The molecule has 2 fully saturated rings. The topological polar surface area (TPSA) is 38.3 Å². The Balaban J connectivity index is 1.86. The number of ether oxygens (including phenoxy) is 1. The summed E-state index contributed by atoms with van der Waals surface area (Å²) in [6.07, 6.45) is 1.01. The second-order valence-corrected chi connectivity index (χ2v) is 7.11. The molecule has 1 saturated carbocycles. The van der Waals surface area contributed by atoms with Gasteiger partial charge in [-0.1, -0.05) is 13.8 Å². The zero-order chi connectivity index (χ0) is 15.2. The number of carbonyl (C=O) groups is 1. The fourth-order valence-electron chi connectivity index (χ4n) is 4.47. The van der Waals surface area contributed by atoms with E-state index in [1.165, 1.54) is 0 Å². The van der Waals surface area contributed by atoms with E-state index in [4.69, 9.17) is 4.74 Å². The van der Waals surface area contributed by atoms with Gasteiger partial charge in [0.25, 0.3) is 0 Å². The minimum atomic E-state index is 0.161. The molecule has 114 valence electrons. The van der Waals surface area contributed by atoms with Gasteiger partial charge in [0.15, 0.2) is 5.78 Å². The van der Waals surface area contributed by atoms with Gasteiger partial charge in [0.05, 0.1) is 7.11 Å². The van der Waals surface area contributed by atoms with Crippen molar-refractivity contribution in [3.8, 4) is 5.75 Å². The van der Waals surface area contributed by atoms with Crippen LogP contribution in [0.3, 0.4) is 0 Å². The number of aryl methyl sites for hydroxylation is 1. The van der Waals surface area contributed by atoms with Gasteiger partial charge >= 0.3 is 0 Å². The van der Waals surface area contributed by atoms with E-state index >= 15 is 0 Å². The number of hydrogen-bond donors (Lipinski definition) is 1.